The highest BCUT2D eigenvalue weighted by Gasteiger charge is 2.16. The summed E-state index contributed by atoms with van der Waals surface area (Å²) in [7, 11) is 1.81. The Balaban J connectivity index is 1.76. The second kappa shape index (κ2) is 5.62. The van der Waals surface area contributed by atoms with Gasteiger partial charge in [-0.3, -0.25) is 5.10 Å². The lowest BCUT2D eigenvalue weighted by atomic mass is 10.3. The van der Waals surface area contributed by atoms with E-state index in [4.69, 9.17) is 0 Å². The molecule has 20 heavy (non-hydrogen) atoms. The number of fused-ring (bicyclic) bond motifs is 1. The number of hydrogen-bond donors (Lipinski definition) is 3. The van der Waals surface area contributed by atoms with Gasteiger partial charge in [0, 0.05) is 19.6 Å². The van der Waals surface area contributed by atoms with Crippen LogP contribution in [0.3, 0.4) is 0 Å². The highest BCUT2D eigenvalue weighted by molar-refractivity contribution is 5.87. The predicted octanol–water partition coefficient (Wildman–Crippen LogP) is 1.29. The molecule has 7 heteroatoms. The quantitative estimate of drug-likeness (QED) is 0.763. The molecule has 3 heterocycles. The molecular weight excluding hydrogens is 254 g/mol. The Bertz CT molecular complexity index is 573. The van der Waals surface area contributed by atoms with Gasteiger partial charge in [0.2, 0.25) is 5.95 Å². The molecule has 0 bridgehead atoms. The second-order valence-electron chi connectivity index (χ2n) is 5.33. The number of H-pyrrole nitrogens is 1. The van der Waals surface area contributed by atoms with Crippen molar-refractivity contribution in [1.29, 1.82) is 0 Å². The molecule has 0 aromatic carbocycles. The molecule has 1 aliphatic heterocycles. The second-order valence-corrected chi connectivity index (χ2v) is 5.33. The lowest BCUT2D eigenvalue weighted by molar-refractivity contribution is 0.327. The van der Waals surface area contributed by atoms with Crippen LogP contribution in [-0.2, 0) is 0 Å². The van der Waals surface area contributed by atoms with Crippen LogP contribution in [-0.4, -0.2) is 57.8 Å². The van der Waals surface area contributed by atoms with Crippen molar-refractivity contribution in [3.63, 3.8) is 0 Å². The van der Waals surface area contributed by atoms with Gasteiger partial charge < -0.3 is 15.5 Å². The Hall–Kier alpha value is -1.89. The van der Waals surface area contributed by atoms with E-state index in [0.717, 1.165) is 23.4 Å². The molecule has 1 fully saturated rings. The summed E-state index contributed by atoms with van der Waals surface area (Å²) in [5.41, 5.74) is 0.750. The van der Waals surface area contributed by atoms with Crippen LogP contribution in [0.2, 0.25) is 0 Å². The summed E-state index contributed by atoms with van der Waals surface area (Å²) in [6.07, 6.45) is 4.39. The topological polar surface area (TPSA) is 81.8 Å². The first-order chi connectivity index (χ1) is 9.76. The first-order valence-electron chi connectivity index (χ1n) is 7.14. The monoisotopic (exact) mass is 275 g/mol. The summed E-state index contributed by atoms with van der Waals surface area (Å²) in [5, 5.41) is 14.3. The Morgan fingerprint density at radius 2 is 2.15 bits per heavy atom. The van der Waals surface area contributed by atoms with Crippen LogP contribution < -0.4 is 10.6 Å². The summed E-state index contributed by atoms with van der Waals surface area (Å²) >= 11 is 0. The van der Waals surface area contributed by atoms with Crippen molar-refractivity contribution in [3.8, 4) is 0 Å². The first-order valence-corrected chi connectivity index (χ1v) is 7.14. The number of nitrogens with zero attached hydrogens (tertiary/aromatic N) is 4. The maximum absolute atomic E-state index is 4.49. The van der Waals surface area contributed by atoms with Crippen LogP contribution in [0.15, 0.2) is 6.20 Å². The molecule has 2 aromatic rings. The minimum atomic E-state index is 0.339. The Labute approximate surface area is 118 Å². The van der Waals surface area contributed by atoms with Crippen molar-refractivity contribution >= 4 is 22.8 Å². The van der Waals surface area contributed by atoms with Crippen molar-refractivity contribution < 1.29 is 0 Å². The van der Waals surface area contributed by atoms with Crippen LogP contribution >= 0.6 is 0 Å². The number of likely N-dealkylation sites (tertiary alicyclic amines) is 1. The van der Waals surface area contributed by atoms with E-state index in [0.29, 0.717) is 12.0 Å². The lowest BCUT2D eigenvalue weighted by Gasteiger charge is -2.21. The molecule has 1 atom stereocenters. The smallest absolute Gasteiger partial charge is 0.226 e. The Morgan fingerprint density at radius 1 is 1.35 bits per heavy atom. The molecule has 7 nitrogen and oxygen atoms in total. The molecule has 0 saturated carbocycles. The van der Waals surface area contributed by atoms with Gasteiger partial charge in [0.1, 0.15) is 5.82 Å². The van der Waals surface area contributed by atoms with Gasteiger partial charge in [-0.05, 0) is 32.9 Å². The molecule has 0 amide bonds. The summed E-state index contributed by atoms with van der Waals surface area (Å²) in [6.45, 7) is 5.64. The molecule has 3 rings (SSSR count). The summed E-state index contributed by atoms with van der Waals surface area (Å²) in [5.74, 6) is 1.43. The van der Waals surface area contributed by atoms with Crippen molar-refractivity contribution in [2.45, 2.75) is 25.8 Å². The number of aromatic nitrogens is 4. The van der Waals surface area contributed by atoms with Crippen LogP contribution in [0.5, 0.6) is 0 Å². The Kier molecular flexibility index (Phi) is 3.68. The largest absolute Gasteiger partial charge is 0.366 e. The zero-order valence-electron chi connectivity index (χ0n) is 12.0. The average molecular weight is 275 g/mol. The van der Waals surface area contributed by atoms with Crippen molar-refractivity contribution in [2.75, 3.05) is 37.3 Å². The van der Waals surface area contributed by atoms with Gasteiger partial charge in [-0.25, -0.2) is 0 Å². The first kappa shape index (κ1) is 13.1. The van der Waals surface area contributed by atoms with Crippen molar-refractivity contribution in [1.82, 2.24) is 25.1 Å². The van der Waals surface area contributed by atoms with E-state index in [9.17, 15) is 0 Å². The molecule has 0 spiro atoms. The van der Waals surface area contributed by atoms with E-state index in [1.54, 1.807) is 6.20 Å². The van der Waals surface area contributed by atoms with Gasteiger partial charge in [0.05, 0.1) is 11.6 Å². The fourth-order valence-electron chi connectivity index (χ4n) is 2.69. The number of hydrogen-bond acceptors (Lipinski definition) is 6. The minimum Gasteiger partial charge on any atom is -0.366 e. The third-order valence-electron chi connectivity index (χ3n) is 3.65. The van der Waals surface area contributed by atoms with Crippen molar-refractivity contribution in [2.24, 2.45) is 0 Å². The van der Waals surface area contributed by atoms with Gasteiger partial charge >= 0.3 is 0 Å². The highest BCUT2D eigenvalue weighted by Crippen LogP contribution is 2.20. The lowest BCUT2D eigenvalue weighted by Crippen LogP contribution is -2.33. The SMILES string of the molecule is CNc1nc(NC(C)CN2CCCC2)c2cn[nH]c2n1. The molecule has 0 aliphatic carbocycles. The third kappa shape index (κ3) is 2.67. The predicted molar refractivity (Wildman–Crippen MR) is 80.0 cm³/mol. The maximum Gasteiger partial charge on any atom is 0.226 e. The van der Waals surface area contributed by atoms with Crippen LogP contribution in [0.25, 0.3) is 11.0 Å². The zero-order chi connectivity index (χ0) is 13.9. The van der Waals surface area contributed by atoms with E-state index in [-0.39, 0.29) is 0 Å². The third-order valence-corrected chi connectivity index (χ3v) is 3.65. The van der Waals surface area contributed by atoms with E-state index in [1.807, 2.05) is 7.05 Å². The zero-order valence-corrected chi connectivity index (χ0v) is 12.0. The molecule has 1 unspecified atom stereocenters. The number of nitrogens with one attached hydrogen (secondary N) is 3. The van der Waals surface area contributed by atoms with Crippen LogP contribution in [0.1, 0.15) is 19.8 Å². The van der Waals surface area contributed by atoms with Crippen LogP contribution in [0.4, 0.5) is 11.8 Å². The highest BCUT2D eigenvalue weighted by atomic mass is 15.2. The Morgan fingerprint density at radius 3 is 2.90 bits per heavy atom. The minimum absolute atomic E-state index is 0.339. The molecule has 3 N–H and O–H groups in total. The van der Waals surface area contributed by atoms with Gasteiger partial charge in [0.25, 0.3) is 0 Å². The summed E-state index contributed by atoms with van der Waals surface area (Å²) in [4.78, 5) is 11.3. The normalized spacial score (nSPS) is 17.5. The van der Waals surface area contributed by atoms with E-state index >= 15 is 0 Å². The van der Waals surface area contributed by atoms with E-state index in [1.165, 1.54) is 25.9 Å². The fourth-order valence-corrected chi connectivity index (χ4v) is 2.69. The molecule has 1 saturated heterocycles. The van der Waals surface area contributed by atoms with E-state index < -0.39 is 0 Å². The van der Waals surface area contributed by atoms with Gasteiger partial charge in [0.15, 0.2) is 5.65 Å². The standard InChI is InChI=1S/C13H21N7/c1-9(8-20-5-3-4-6-20)16-11-10-7-15-19-12(10)18-13(14-2)17-11/h7,9H,3-6,8H2,1-2H3,(H3,14,15,16,17,18,19). The van der Waals surface area contributed by atoms with Crippen molar-refractivity contribution in [3.05, 3.63) is 6.20 Å². The van der Waals surface area contributed by atoms with E-state index in [2.05, 4.69) is 42.6 Å². The molecule has 1 aliphatic rings. The summed E-state index contributed by atoms with van der Waals surface area (Å²) < 4.78 is 0. The average Bonchev–Trinajstić information content (AvgIpc) is 3.09. The fraction of sp³-hybridized carbons (Fsp3) is 0.615. The molecule has 2 aromatic heterocycles. The summed E-state index contributed by atoms with van der Waals surface area (Å²) in [6, 6.07) is 0.339. The maximum atomic E-state index is 4.49. The van der Waals surface area contributed by atoms with Gasteiger partial charge in [-0.15, -0.1) is 0 Å². The van der Waals surface area contributed by atoms with Crippen LogP contribution in [0, 0.1) is 0 Å². The number of rotatable bonds is 5. The molecule has 108 valence electrons. The van der Waals surface area contributed by atoms with Gasteiger partial charge in [-0.1, -0.05) is 0 Å². The van der Waals surface area contributed by atoms with Gasteiger partial charge in [-0.2, -0.15) is 15.1 Å². The molecular formula is C13H21N7. The number of aromatic amines is 1. The number of anilines is 2. The molecule has 0 radical (unpaired) electrons.